The van der Waals surface area contributed by atoms with Crippen LogP contribution in [0.2, 0.25) is 0 Å². The molecule has 0 N–H and O–H groups in total. The smallest absolute Gasteiger partial charge is 0.305 e. The van der Waals surface area contributed by atoms with Crippen molar-refractivity contribution in [3.63, 3.8) is 0 Å². The van der Waals surface area contributed by atoms with Crippen LogP contribution in [0.5, 0.6) is 0 Å². The molecule has 0 aliphatic heterocycles. The van der Waals surface area contributed by atoms with Crippen LogP contribution in [0.1, 0.15) is 90.4 Å². The first kappa shape index (κ1) is 20.8. The van der Waals surface area contributed by atoms with E-state index in [9.17, 15) is 4.79 Å². The number of esters is 1. The standard InChI is InChI=1S/C18H36O2S/c1-3-4-5-10-13-16-21-17-14-11-8-6-7-9-12-15-18(19)20-2/h3-17H2,1-2H3. The van der Waals surface area contributed by atoms with Crippen LogP contribution >= 0.6 is 11.8 Å². The van der Waals surface area contributed by atoms with E-state index in [2.05, 4.69) is 23.4 Å². The number of unbranched alkanes of at least 4 members (excludes halogenated alkanes) is 10. The number of carbonyl (C=O) groups excluding carboxylic acids is 1. The third-order valence-corrected chi connectivity index (χ3v) is 4.94. The lowest BCUT2D eigenvalue weighted by molar-refractivity contribution is -0.140. The van der Waals surface area contributed by atoms with Gasteiger partial charge in [0.15, 0.2) is 0 Å². The van der Waals surface area contributed by atoms with Crippen molar-refractivity contribution < 1.29 is 9.53 Å². The number of hydrogen-bond donors (Lipinski definition) is 0. The lowest BCUT2D eigenvalue weighted by Crippen LogP contribution is -1.99. The zero-order valence-corrected chi connectivity index (χ0v) is 15.1. The molecule has 0 aromatic carbocycles. The molecule has 0 aliphatic carbocycles. The molecule has 0 bridgehead atoms. The van der Waals surface area contributed by atoms with E-state index < -0.39 is 0 Å². The van der Waals surface area contributed by atoms with Crippen LogP contribution in [-0.2, 0) is 9.53 Å². The summed E-state index contributed by atoms with van der Waals surface area (Å²) >= 11 is 2.14. The van der Waals surface area contributed by atoms with Gasteiger partial charge in [-0.25, -0.2) is 0 Å². The average molecular weight is 317 g/mol. The van der Waals surface area contributed by atoms with Gasteiger partial charge in [-0.1, -0.05) is 64.7 Å². The molecule has 0 rings (SSSR count). The van der Waals surface area contributed by atoms with Crippen LogP contribution in [0.15, 0.2) is 0 Å². The van der Waals surface area contributed by atoms with Crippen molar-refractivity contribution in [1.29, 1.82) is 0 Å². The summed E-state index contributed by atoms with van der Waals surface area (Å²) in [5.74, 6) is 2.63. The lowest BCUT2D eigenvalue weighted by atomic mass is 10.1. The molecule has 0 aromatic heterocycles. The minimum atomic E-state index is -0.0679. The van der Waals surface area contributed by atoms with E-state index in [0.717, 1.165) is 6.42 Å². The predicted octanol–water partition coefficient (Wildman–Crippen LogP) is 5.98. The van der Waals surface area contributed by atoms with Crippen LogP contribution in [-0.4, -0.2) is 24.6 Å². The van der Waals surface area contributed by atoms with Gasteiger partial charge in [0.25, 0.3) is 0 Å². The van der Waals surface area contributed by atoms with Crippen molar-refractivity contribution in [2.24, 2.45) is 0 Å². The third-order valence-electron chi connectivity index (χ3n) is 3.79. The number of thioether (sulfide) groups is 1. The van der Waals surface area contributed by atoms with Crippen molar-refractivity contribution >= 4 is 17.7 Å². The summed E-state index contributed by atoms with van der Waals surface area (Å²) < 4.78 is 4.63. The number of methoxy groups -OCH3 is 1. The SMILES string of the molecule is CCCCCCCSCCCCCCCCCC(=O)OC. The first-order valence-electron chi connectivity index (χ1n) is 8.95. The quantitative estimate of drug-likeness (QED) is 0.259. The van der Waals surface area contributed by atoms with Crippen molar-refractivity contribution in [2.45, 2.75) is 90.4 Å². The highest BCUT2D eigenvalue weighted by Crippen LogP contribution is 2.13. The molecule has 21 heavy (non-hydrogen) atoms. The van der Waals surface area contributed by atoms with E-state index in [1.807, 2.05) is 0 Å². The maximum absolute atomic E-state index is 10.9. The number of ether oxygens (including phenoxy) is 1. The molecule has 3 heteroatoms. The van der Waals surface area contributed by atoms with E-state index in [4.69, 9.17) is 0 Å². The molecule has 0 fully saturated rings. The lowest BCUT2D eigenvalue weighted by Gasteiger charge is -2.03. The monoisotopic (exact) mass is 316 g/mol. The van der Waals surface area contributed by atoms with Gasteiger partial charge >= 0.3 is 5.97 Å². The highest BCUT2D eigenvalue weighted by Gasteiger charge is 1.99. The molecule has 2 nitrogen and oxygen atoms in total. The number of carbonyl (C=O) groups is 1. The Kier molecular flexibility index (Phi) is 17.7. The molecule has 0 atom stereocenters. The molecule has 126 valence electrons. The number of hydrogen-bond acceptors (Lipinski definition) is 3. The molecule has 0 aliphatic rings. The Bertz CT molecular complexity index is 219. The Balaban J connectivity index is 2.98. The predicted molar refractivity (Wildman–Crippen MR) is 95.0 cm³/mol. The topological polar surface area (TPSA) is 26.3 Å². The van der Waals surface area contributed by atoms with Crippen LogP contribution < -0.4 is 0 Å². The minimum absolute atomic E-state index is 0.0679. The molecule has 0 aromatic rings. The van der Waals surface area contributed by atoms with Crippen molar-refractivity contribution in [2.75, 3.05) is 18.6 Å². The summed E-state index contributed by atoms with van der Waals surface area (Å²) in [6.07, 6.45) is 16.4. The zero-order chi connectivity index (χ0) is 15.6. The summed E-state index contributed by atoms with van der Waals surface area (Å²) in [6, 6.07) is 0. The molecular weight excluding hydrogens is 280 g/mol. The Morgan fingerprint density at radius 3 is 1.76 bits per heavy atom. The average Bonchev–Trinajstić information content (AvgIpc) is 2.50. The van der Waals surface area contributed by atoms with Gasteiger partial charge in [0, 0.05) is 6.42 Å². The van der Waals surface area contributed by atoms with E-state index in [0.29, 0.717) is 6.42 Å². The van der Waals surface area contributed by atoms with E-state index in [1.54, 1.807) is 0 Å². The summed E-state index contributed by atoms with van der Waals surface area (Å²) in [4.78, 5) is 10.9. The van der Waals surface area contributed by atoms with Gasteiger partial charge in [-0.15, -0.1) is 0 Å². The third kappa shape index (κ3) is 17.8. The second-order valence-corrected chi connectivity index (χ2v) is 7.05. The van der Waals surface area contributed by atoms with Crippen LogP contribution in [0.4, 0.5) is 0 Å². The van der Waals surface area contributed by atoms with E-state index in [1.165, 1.54) is 89.2 Å². The molecule has 0 saturated heterocycles. The van der Waals surface area contributed by atoms with Crippen LogP contribution in [0.3, 0.4) is 0 Å². The van der Waals surface area contributed by atoms with Gasteiger partial charge in [0.1, 0.15) is 0 Å². The van der Waals surface area contributed by atoms with Gasteiger partial charge in [-0.2, -0.15) is 11.8 Å². The van der Waals surface area contributed by atoms with Crippen molar-refractivity contribution in [1.82, 2.24) is 0 Å². The Morgan fingerprint density at radius 1 is 0.762 bits per heavy atom. The largest absolute Gasteiger partial charge is 0.469 e. The second kappa shape index (κ2) is 17.9. The van der Waals surface area contributed by atoms with Gasteiger partial charge in [-0.3, -0.25) is 4.79 Å². The summed E-state index contributed by atoms with van der Waals surface area (Å²) in [6.45, 7) is 2.27. The first-order chi connectivity index (χ1) is 10.3. The zero-order valence-electron chi connectivity index (χ0n) is 14.3. The molecule has 0 heterocycles. The van der Waals surface area contributed by atoms with Gasteiger partial charge in [0.05, 0.1) is 7.11 Å². The van der Waals surface area contributed by atoms with E-state index >= 15 is 0 Å². The van der Waals surface area contributed by atoms with Gasteiger partial charge < -0.3 is 4.74 Å². The first-order valence-corrected chi connectivity index (χ1v) is 10.1. The highest BCUT2D eigenvalue weighted by molar-refractivity contribution is 7.99. The number of rotatable bonds is 16. The van der Waals surface area contributed by atoms with Crippen LogP contribution in [0.25, 0.3) is 0 Å². The van der Waals surface area contributed by atoms with Gasteiger partial charge in [0.2, 0.25) is 0 Å². The molecule has 0 radical (unpaired) electrons. The summed E-state index contributed by atoms with van der Waals surface area (Å²) in [7, 11) is 1.46. The Hall–Kier alpha value is -0.180. The van der Waals surface area contributed by atoms with Crippen LogP contribution in [0, 0.1) is 0 Å². The normalized spacial score (nSPS) is 10.8. The summed E-state index contributed by atoms with van der Waals surface area (Å²) in [5.41, 5.74) is 0. The summed E-state index contributed by atoms with van der Waals surface area (Å²) in [5, 5.41) is 0. The fourth-order valence-electron chi connectivity index (χ4n) is 2.37. The van der Waals surface area contributed by atoms with E-state index in [-0.39, 0.29) is 5.97 Å². The molecule has 0 amide bonds. The minimum Gasteiger partial charge on any atom is -0.469 e. The maximum Gasteiger partial charge on any atom is 0.305 e. The highest BCUT2D eigenvalue weighted by atomic mass is 32.2. The molecular formula is C18H36O2S. The Labute approximate surface area is 136 Å². The molecule has 0 spiro atoms. The van der Waals surface area contributed by atoms with Crippen molar-refractivity contribution in [3.05, 3.63) is 0 Å². The fraction of sp³-hybridized carbons (Fsp3) is 0.944. The maximum atomic E-state index is 10.9. The molecule has 0 unspecified atom stereocenters. The van der Waals surface area contributed by atoms with Gasteiger partial charge in [-0.05, 0) is 30.8 Å². The Morgan fingerprint density at radius 2 is 1.24 bits per heavy atom. The molecule has 0 saturated carbocycles. The van der Waals surface area contributed by atoms with Crippen molar-refractivity contribution in [3.8, 4) is 0 Å². The second-order valence-electron chi connectivity index (χ2n) is 5.83. The fourth-order valence-corrected chi connectivity index (χ4v) is 3.39.